The van der Waals surface area contributed by atoms with Crippen molar-refractivity contribution in [2.45, 2.75) is 26.9 Å². The van der Waals surface area contributed by atoms with Crippen molar-refractivity contribution in [3.05, 3.63) is 57.1 Å². The Labute approximate surface area is 172 Å². The lowest BCUT2D eigenvalue weighted by molar-refractivity contribution is -0.384. The number of ether oxygens (including phenoxy) is 1. The van der Waals surface area contributed by atoms with Gasteiger partial charge in [0.15, 0.2) is 6.10 Å². The van der Waals surface area contributed by atoms with E-state index in [1.54, 1.807) is 18.2 Å². The first-order valence-electron chi connectivity index (χ1n) is 9.00. The van der Waals surface area contributed by atoms with Crippen molar-refractivity contribution in [3.63, 3.8) is 0 Å². The third-order valence-electron chi connectivity index (χ3n) is 4.59. The zero-order valence-electron chi connectivity index (χ0n) is 16.1. The number of aryl methyl sites for hydroxylation is 1. The number of hydrogen-bond acceptors (Lipinski definition) is 5. The van der Waals surface area contributed by atoms with Crippen molar-refractivity contribution in [2.75, 3.05) is 16.8 Å². The molecule has 0 bridgehead atoms. The van der Waals surface area contributed by atoms with Gasteiger partial charge in [-0.2, -0.15) is 0 Å². The number of nitrogens with zero attached hydrogens (tertiary/aromatic N) is 2. The minimum absolute atomic E-state index is 0.147. The monoisotopic (exact) mass is 417 g/mol. The Morgan fingerprint density at radius 3 is 2.69 bits per heavy atom. The van der Waals surface area contributed by atoms with E-state index in [1.807, 2.05) is 20.8 Å². The summed E-state index contributed by atoms with van der Waals surface area (Å²) in [4.78, 5) is 37.4. The molecule has 0 fully saturated rings. The van der Waals surface area contributed by atoms with Gasteiger partial charge in [-0.15, -0.1) is 0 Å². The molecule has 1 atom stereocenters. The third-order valence-corrected chi connectivity index (χ3v) is 4.82. The highest BCUT2D eigenvalue weighted by Crippen LogP contribution is 2.38. The molecule has 1 heterocycles. The van der Waals surface area contributed by atoms with Crippen molar-refractivity contribution in [1.29, 1.82) is 0 Å². The predicted molar refractivity (Wildman–Crippen MR) is 110 cm³/mol. The number of rotatable bonds is 5. The van der Waals surface area contributed by atoms with Crippen molar-refractivity contribution in [2.24, 2.45) is 5.92 Å². The Balaban J connectivity index is 1.92. The molecule has 152 valence electrons. The van der Waals surface area contributed by atoms with Crippen molar-refractivity contribution >= 4 is 40.5 Å². The van der Waals surface area contributed by atoms with Crippen molar-refractivity contribution in [1.82, 2.24) is 0 Å². The highest BCUT2D eigenvalue weighted by Gasteiger charge is 2.38. The quantitative estimate of drug-likeness (QED) is 0.586. The lowest BCUT2D eigenvalue weighted by Gasteiger charge is -2.35. The molecule has 0 radical (unpaired) electrons. The van der Waals surface area contributed by atoms with Gasteiger partial charge in [-0.3, -0.25) is 24.6 Å². The van der Waals surface area contributed by atoms with Gasteiger partial charge in [0.05, 0.1) is 10.6 Å². The number of hydrogen-bond donors (Lipinski definition) is 1. The molecular formula is C20H20ClN3O5. The molecule has 1 unspecified atom stereocenters. The molecule has 29 heavy (non-hydrogen) atoms. The molecule has 0 aromatic heterocycles. The first-order chi connectivity index (χ1) is 13.7. The molecule has 2 aromatic rings. The summed E-state index contributed by atoms with van der Waals surface area (Å²) in [5.41, 5.74) is 1.34. The second kappa shape index (κ2) is 8.08. The minimum atomic E-state index is -0.787. The van der Waals surface area contributed by atoms with E-state index in [-0.39, 0.29) is 23.8 Å². The van der Waals surface area contributed by atoms with Gasteiger partial charge in [-0.1, -0.05) is 31.5 Å². The molecule has 2 amide bonds. The standard InChI is InChI=1S/C20H20ClN3O5/c1-11(2)19-20(26)23(16-9-14(24(27)28)6-7-17(16)29-19)10-18(25)22-15-8-13(21)5-4-12(15)3/h4-9,11,19H,10H2,1-3H3,(H,22,25). The van der Waals surface area contributed by atoms with Crippen LogP contribution in [0.5, 0.6) is 5.75 Å². The molecule has 9 heteroatoms. The fourth-order valence-corrected chi connectivity index (χ4v) is 3.21. The summed E-state index contributed by atoms with van der Waals surface area (Å²) >= 11 is 5.99. The maximum atomic E-state index is 12.9. The summed E-state index contributed by atoms with van der Waals surface area (Å²) in [6.07, 6.45) is -0.787. The second-order valence-electron chi connectivity index (χ2n) is 7.12. The Bertz CT molecular complexity index is 992. The molecule has 1 N–H and O–H groups in total. The molecule has 1 aliphatic heterocycles. The molecule has 8 nitrogen and oxygen atoms in total. The van der Waals surface area contributed by atoms with Crippen LogP contribution in [0.1, 0.15) is 19.4 Å². The van der Waals surface area contributed by atoms with Crippen LogP contribution in [-0.2, 0) is 9.59 Å². The van der Waals surface area contributed by atoms with Crippen LogP contribution in [0.15, 0.2) is 36.4 Å². The smallest absolute Gasteiger partial charge is 0.271 e. The van der Waals surface area contributed by atoms with E-state index >= 15 is 0 Å². The number of nitro groups is 1. The normalized spacial score (nSPS) is 15.7. The molecule has 0 aliphatic carbocycles. The van der Waals surface area contributed by atoms with E-state index < -0.39 is 22.8 Å². The largest absolute Gasteiger partial charge is 0.478 e. The summed E-state index contributed by atoms with van der Waals surface area (Å²) in [7, 11) is 0. The fourth-order valence-electron chi connectivity index (χ4n) is 3.04. The molecule has 3 rings (SSSR count). The minimum Gasteiger partial charge on any atom is -0.478 e. The first-order valence-corrected chi connectivity index (χ1v) is 9.37. The summed E-state index contributed by atoms with van der Waals surface area (Å²) < 4.78 is 5.74. The fraction of sp³-hybridized carbons (Fsp3) is 0.300. The summed E-state index contributed by atoms with van der Waals surface area (Å²) in [5, 5.41) is 14.4. The molecule has 1 aliphatic rings. The van der Waals surface area contributed by atoms with E-state index in [4.69, 9.17) is 16.3 Å². The number of anilines is 2. The van der Waals surface area contributed by atoms with Crippen LogP contribution in [0.3, 0.4) is 0 Å². The molecular weight excluding hydrogens is 398 g/mol. The van der Waals surface area contributed by atoms with Crippen LogP contribution in [0.4, 0.5) is 17.1 Å². The first kappa shape index (κ1) is 20.6. The van der Waals surface area contributed by atoms with Crippen LogP contribution in [0, 0.1) is 23.0 Å². The van der Waals surface area contributed by atoms with Crippen molar-refractivity contribution in [3.8, 4) is 5.75 Å². The molecule has 0 saturated heterocycles. The Morgan fingerprint density at radius 2 is 2.03 bits per heavy atom. The number of halogens is 1. The highest BCUT2D eigenvalue weighted by molar-refractivity contribution is 6.31. The van der Waals surface area contributed by atoms with E-state index in [0.29, 0.717) is 16.5 Å². The van der Waals surface area contributed by atoms with Gasteiger partial charge in [-0.05, 0) is 36.6 Å². The number of fused-ring (bicyclic) bond motifs is 1. The van der Waals surface area contributed by atoms with Gasteiger partial charge in [-0.25, -0.2) is 0 Å². The number of nitrogens with one attached hydrogen (secondary N) is 1. The number of carbonyl (C=O) groups is 2. The van der Waals surface area contributed by atoms with Gasteiger partial charge < -0.3 is 10.1 Å². The topological polar surface area (TPSA) is 102 Å². The summed E-state index contributed by atoms with van der Waals surface area (Å²) in [6.45, 7) is 5.16. The second-order valence-corrected chi connectivity index (χ2v) is 7.56. The van der Waals surface area contributed by atoms with Gasteiger partial charge in [0.2, 0.25) is 5.91 Å². The number of nitro benzene ring substituents is 1. The Morgan fingerprint density at radius 1 is 1.31 bits per heavy atom. The highest BCUT2D eigenvalue weighted by atomic mass is 35.5. The van der Waals surface area contributed by atoms with Gasteiger partial charge in [0.25, 0.3) is 11.6 Å². The van der Waals surface area contributed by atoms with Crippen LogP contribution in [-0.4, -0.2) is 29.4 Å². The SMILES string of the molecule is Cc1ccc(Cl)cc1NC(=O)CN1C(=O)C(C(C)C)Oc2ccc([N+](=O)[O-])cc21. The summed E-state index contributed by atoms with van der Waals surface area (Å²) in [6, 6.07) is 9.08. The van der Waals surface area contributed by atoms with Crippen LogP contribution in [0.25, 0.3) is 0 Å². The zero-order valence-corrected chi connectivity index (χ0v) is 16.9. The van der Waals surface area contributed by atoms with Gasteiger partial charge >= 0.3 is 0 Å². The van der Waals surface area contributed by atoms with E-state index in [0.717, 1.165) is 5.56 Å². The number of non-ortho nitro benzene ring substituents is 1. The average molecular weight is 418 g/mol. The lowest BCUT2D eigenvalue weighted by atomic mass is 10.0. The van der Waals surface area contributed by atoms with E-state index in [1.165, 1.54) is 23.1 Å². The summed E-state index contributed by atoms with van der Waals surface area (Å²) in [5.74, 6) is -0.705. The molecule has 2 aromatic carbocycles. The maximum absolute atomic E-state index is 12.9. The van der Waals surface area contributed by atoms with E-state index in [2.05, 4.69) is 5.32 Å². The Kier molecular flexibility index (Phi) is 5.74. The maximum Gasteiger partial charge on any atom is 0.271 e. The lowest BCUT2D eigenvalue weighted by Crippen LogP contribution is -2.50. The number of carbonyl (C=O) groups excluding carboxylic acids is 2. The molecule has 0 spiro atoms. The van der Waals surface area contributed by atoms with Crippen LogP contribution in [0.2, 0.25) is 5.02 Å². The predicted octanol–water partition coefficient (Wildman–Crippen LogP) is 3.95. The third kappa shape index (κ3) is 4.32. The number of amides is 2. The van der Waals surface area contributed by atoms with Gasteiger partial charge in [0.1, 0.15) is 12.3 Å². The zero-order chi connectivity index (χ0) is 21.3. The van der Waals surface area contributed by atoms with E-state index in [9.17, 15) is 19.7 Å². The van der Waals surface area contributed by atoms with Crippen LogP contribution >= 0.6 is 11.6 Å². The van der Waals surface area contributed by atoms with Crippen LogP contribution < -0.4 is 15.0 Å². The molecule has 0 saturated carbocycles. The van der Waals surface area contributed by atoms with Crippen molar-refractivity contribution < 1.29 is 19.2 Å². The van der Waals surface area contributed by atoms with Gasteiger partial charge in [0, 0.05) is 22.8 Å². The Hall–Kier alpha value is -3.13. The number of benzene rings is 2. The average Bonchev–Trinajstić information content (AvgIpc) is 2.66.